The molecule has 1 heterocycles. The maximum absolute atomic E-state index is 5.55. The molecule has 3 rings (SSSR count). The Morgan fingerprint density at radius 3 is 1.83 bits per heavy atom. The molecule has 2 aromatic carbocycles. The number of para-hydroxylation sites is 1. The van der Waals surface area contributed by atoms with Gasteiger partial charge in [0.15, 0.2) is 0 Å². The Labute approximate surface area is 117 Å². The van der Waals surface area contributed by atoms with E-state index in [9.17, 15) is 0 Å². The molecule has 2 aromatic rings. The molecule has 1 nitrogen and oxygen atoms in total. The van der Waals surface area contributed by atoms with E-state index < -0.39 is 0 Å². The molecule has 0 unspecified atom stereocenters. The number of fused-ring (bicyclic) bond motifs is 1. The molecule has 0 saturated carbocycles. The summed E-state index contributed by atoms with van der Waals surface area (Å²) in [4.78, 5) is 3.58. The van der Waals surface area contributed by atoms with Gasteiger partial charge in [0.1, 0.15) is 9.98 Å². The van der Waals surface area contributed by atoms with Crippen LogP contribution in [-0.4, -0.2) is 9.98 Å². The summed E-state index contributed by atoms with van der Waals surface area (Å²) in [5.74, 6) is 0. The lowest BCUT2D eigenvalue weighted by Gasteiger charge is -2.20. The fourth-order valence-electron chi connectivity index (χ4n) is 2.22. The van der Waals surface area contributed by atoms with Crippen molar-refractivity contribution in [1.82, 2.24) is 0 Å². The lowest BCUT2D eigenvalue weighted by Crippen LogP contribution is -2.28. The summed E-state index contributed by atoms with van der Waals surface area (Å²) in [7, 11) is 0. The topological polar surface area (TPSA) is 3.24 Å². The smallest absolute Gasteiger partial charge is 0.119 e. The number of benzene rings is 2. The molecule has 0 N–H and O–H groups in total. The number of hydrogen-bond donors (Lipinski definition) is 0. The normalized spacial score (nSPS) is 13.9. The van der Waals surface area contributed by atoms with Crippen molar-refractivity contribution in [2.45, 2.75) is 6.92 Å². The third-order valence-corrected chi connectivity index (χ3v) is 3.96. The largest absolute Gasteiger partial charge is 0.290 e. The summed E-state index contributed by atoms with van der Waals surface area (Å²) in [5, 5.41) is 0. The number of thiocarbonyl (C=S) groups is 2. The molecule has 88 valence electrons. The molecule has 0 fully saturated rings. The Hall–Kier alpha value is -1.58. The van der Waals surface area contributed by atoms with Crippen LogP contribution in [0.2, 0.25) is 0 Å². The van der Waals surface area contributed by atoms with E-state index in [-0.39, 0.29) is 0 Å². The SMILES string of the molecule is Cc1ccccc1N1C(=S)c2ccccc2C1=S. The van der Waals surface area contributed by atoms with Crippen LogP contribution in [0.25, 0.3) is 0 Å². The van der Waals surface area contributed by atoms with Crippen molar-refractivity contribution in [2.24, 2.45) is 0 Å². The van der Waals surface area contributed by atoms with Crippen molar-refractivity contribution in [3.8, 4) is 0 Å². The highest BCUT2D eigenvalue weighted by atomic mass is 32.1. The monoisotopic (exact) mass is 269 g/mol. The van der Waals surface area contributed by atoms with E-state index in [1.54, 1.807) is 0 Å². The van der Waals surface area contributed by atoms with Crippen molar-refractivity contribution in [2.75, 3.05) is 4.90 Å². The van der Waals surface area contributed by atoms with E-state index in [1.165, 1.54) is 5.56 Å². The fraction of sp³-hybridized carbons (Fsp3) is 0.0667. The summed E-state index contributed by atoms with van der Waals surface area (Å²) in [6.07, 6.45) is 0. The fourth-order valence-corrected chi connectivity index (χ4v) is 3.02. The van der Waals surface area contributed by atoms with Gasteiger partial charge in [-0.25, -0.2) is 0 Å². The molecule has 0 atom stereocenters. The van der Waals surface area contributed by atoms with E-state index >= 15 is 0 Å². The maximum atomic E-state index is 5.55. The van der Waals surface area contributed by atoms with Crippen LogP contribution < -0.4 is 4.90 Å². The lowest BCUT2D eigenvalue weighted by molar-refractivity contribution is 1.39. The van der Waals surface area contributed by atoms with Gasteiger partial charge in [-0.1, -0.05) is 66.9 Å². The number of rotatable bonds is 1. The minimum Gasteiger partial charge on any atom is -0.290 e. The molecule has 0 bridgehead atoms. The zero-order valence-electron chi connectivity index (χ0n) is 9.88. The quantitative estimate of drug-likeness (QED) is 0.724. The average Bonchev–Trinajstić information content (AvgIpc) is 2.64. The molecule has 3 heteroatoms. The van der Waals surface area contributed by atoms with Crippen molar-refractivity contribution in [1.29, 1.82) is 0 Å². The molecule has 0 aliphatic carbocycles. The van der Waals surface area contributed by atoms with E-state index in [4.69, 9.17) is 24.4 Å². The Morgan fingerprint density at radius 1 is 0.778 bits per heavy atom. The van der Waals surface area contributed by atoms with Crippen molar-refractivity contribution >= 4 is 40.1 Å². The Balaban J connectivity index is 2.16. The molecular weight excluding hydrogens is 258 g/mol. The average molecular weight is 269 g/mol. The highest BCUT2D eigenvalue weighted by molar-refractivity contribution is 7.83. The van der Waals surface area contributed by atoms with Crippen LogP contribution in [0.4, 0.5) is 5.69 Å². The first-order valence-electron chi connectivity index (χ1n) is 5.73. The second-order valence-electron chi connectivity index (χ2n) is 4.28. The van der Waals surface area contributed by atoms with Crippen LogP contribution in [0.15, 0.2) is 48.5 Å². The van der Waals surface area contributed by atoms with Gasteiger partial charge < -0.3 is 0 Å². The van der Waals surface area contributed by atoms with E-state index in [0.29, 0.717) is 0 Å². The summed E-state index contributed by atoms with van der Waals surface area (Å²) >= 11 is 11.1. The molecule has 0 spiro atoms. The lowest BCUT2D eigenvalue weighted by atomic mass is 10.1. The highest BCUT2D eigenvalue weighted by Gasteiger charge is 2.30. The first kappa shape index (κ1) is 11.5. The minimum absolute atomic E-state index is 0.796. The van der Waals surface area contributed by atoms with Gasteiger partial charge in [0.25, 0.3) is 0 Å². The predicted molar refractivity (Wildman–Crippen MR) is 83.5 cm³/mol. The molecule has 0 saturated heterocycles. The van der Waals surface area contributed by atoms with Gasteiger partial charge in [0, 0.05) is 11.1 Å². The van der Waals surface area contributed by atoms with Crippen LogP contribution in [0.1, 0.15) is 16.7 Å². The van der Waals surface area contributed by atoms with Crippen molar-refractivity contribution < 1.29 is 0 Å². The summed E-state index contributed by atoms with van der Waals surface area (Å²) in [6, 6.07) is 16.2. The number of aryl methyl sites for hydroxylation is 1. The van der Waals surface area contributed by atoms with Gasteiger partial charge in [-0.2, -0.15) is 0 Å². The second-order valence-corrected chi connectivity index (χ2v) is 5.05. The van der Waals surface area contributed by atoms with Crippen LogP contribution in [-0.2, 0) is 0 Å². The van der Waals surface area contributed by atoms with Crippen LogP contribution in [0.5, 0.6) is 0 Å². The maximum Gasteiger partial charge on any atom is 0.119 e. The van der Waals surface area contributed by atoms with Crippen LogP contribution >= 0.6 is 24.4 Å². The van der Waals surface area contributed by atoms with E-state index in [0.717, 1.165) is 26.8 Å². The van der Waals surface area contributed by atoms with Crippen molar-refractivity contribution in [3.63, 3.8) is 0 Å². The Kier molecular flexibility index (Phi) is 2.73. The third kappa shape index (κ3) is 1.59. The van der Waals surface area contributed by atoms with E-state index in [2.05, 4.69) is 19.1 Å². The minimum atomic E-state index is 0.796. The molecule has 1 aliphatic rings. The van der Waals surface area contributed by atoms with Crippen LogP contribution in [0, 0.1) is 6.92 Å². The molecular formula is C15H11NS2. The summed E-state index contributed by atoms with van der Waals surface area (Å²) in [6.45, 7) is 2.07. The number of nitrogens with zero attached hydrogens (tertiary/aromatic N) is 1. The first-order valence-corrected chi connectivity index (χ1v) is 6.55. The van der Waals surface area contributed by atoms with Gasteiger partial charge in [0.2, 0.25) is 0 Å². The second kappa shape index (κ2) is 4.26. The standard InChI is InChI=1S/C15H11NS2/c1-10-6-2-5-9-13(10)16-14(17)11-7-3-4-8-12(11)15(16)18/h2-9H,1H3. The summed E-state index contributed by atoms with van der Waals surface area (Å²) in [5.41, 5.74) is 4.36. The van der Waals surface area contributed by atoms with Gasteiger partial charge in [-0.05, 0) is 18.6 Å². The molecule has 0 aromatic heterocycles. The Morgan fingerprint density at radius 2 is 1.28 bits per heavy atom. The molecule has 18 heavy (non-hydrogen) atoms. The zero-order valence-corrected chi connectivity index (χ0v) is 11.5. The number of hydrogen-bond acceptors (Lipinski definition) is 2. The van der Waals surface area contributed by atoms with E-state index in [1.807, 2.05) is 41.3 Å². The molecule has 0 amide bonds. The van der Waals surface area contributed by atoms with Gasteiger partial charge in [-0.15, -0.1) is 0 Å². The predicted octanol–water partition coefficient (Wildman–Crippen LogP) is 3.87. The van der Waals surface area contributed by atoms with Crippen LogP contribution in [0.3, 0.4) is 0 Å². The van der Waals surface area contributed by atoms with Gasteiger partial charge >= 0.3 is 0 Å². The van der Waals surface area contributed by atoms with Crippen molar-refractivity contribution in [3.05, 3.63) is 65.2 Å². The third-order valence-electron chi connectivity index (χ3n) is 3.15. The highest BCUT2D eigenvalue weighted by Crippen LogP contribution is 2.31. The summed E-state index contributed by atoms with van der Waals surface area (Å²) < 4.78 is 0. The Bertz CT molecular complexity index is 626. The number of anilines is 1. The molecule has 1 aliphatic heterocycles. The first-order chi connectivity index (χ1) is 8.70. The van der Waals surface area contributed by atoms with Gasteiger partial charge in [-0.3, -0.25) is 4.90 Å². The zero-order chi connectivity index (χ0) is 12.7. The van der Waals surface area contributed by atoms with Gasteiger partial charge in [0.05, 0.1) is 5.69 Å². The molecule has 0 radical (unpaired) electrons.